The summed E-state index contributed by atoms with van der Waals surface area (Å²) in [6.45, 7) is 25.8. The molecule has 114 heavy (non-hydrogen) atoms. The van der Waals surface area contributed by atoms with Crippen LogP contribution in [0.4, 0.5) is 85.3 Å². The number of para-hydroxylation sites is 10. The second kappa shape index (κ2) is 26.2. The highest BCUT2D eigenvalue weighted by molar-refractivity contribution is 7.03. The zero-order chi connectivity index (χ0) is 77.4. The van der Waals surface area contributed by atoms with Crippen LogP contribution in [-0.4, -0.2) is 20.1 Å². The standard InChI is InChI=1S/C102H82B3N5O4/c1-59-29-23-30-60(2)97(59)108(98-61(3)31-24-32-62(98)4)73-49-84-94-90(51-73)111-86-47-21-19-45-76(86)103(94)78-55-80-88(57-82(78)106(84)71-41-15-13-16-42-71)113-92-53-75(110(101-67(9)37-27-38-68(101)10)102-69(11)39-28-40-70(102)12)54-93-96(92)105(80)81-56-79-83(58-89(81)114-93)107(72-43-17-14-18-44-72)85-50-74(52-91-95(85)104(79)77-46-20-22-48-87(77)112-91)109(99-63(5)33-25-34-64(99)6)100-65(7)35-26-36-66(100)8/h13-58H,1-12H3. The Hall–Kier alpha value is -13.3. The third-order valence-electron chi connectivity index (χ3n) is 24.8. The van der Waals surface area contributed by atoms with Crippen LogP contribution in [0.25, 0.3) is 0 Å². The lowest BCUT2D eigenvalue weighted by Gasteiger charge is -2.43. The molecule has 0 saturated carbocycles. The molecule has 548 valence electrons. The molecule has 6 aliphatic heterocycles. The molecule has 0 N–H and O–H groups in total. The maximum atomic E-state index is 7.94. The number of hydrogen-bond acceptors (Lipinski definition) is 9. The van der Waals surface area contributed by atoms with Crippen LogP contribution in [-0.2, 0) is 0 Å². The second-order valence-electron chi connectivity index (χ2n) is 32.1. The molecule has 0 saturated heterocycles. The molecule has 21 rings (SSSR count). The number of aryl methyl sites for hydroxylation is 12. The molecule has 0 bridgehead atoms. The minimum atomic E-state index is -0.403. The number of ether oxygens (including phenoxy) is 4. The summed E-state index contributed by atoms with van der Waals surface area (Å²) in [6.07, 6.45) is 0. The molecule has 0 aliphatic carbocycles. The van der Waals surface area contributed by atoms with Crippen molar-refractivity contribution < 1.29 is 18.9 Å². The Kier molecular flexibility index (Phi) is 15.8. The summed E-state index contributed by atoms with van der Waals surface area (Å²) < 4.78 is 30.8. The average molecular weight is 1470 g/mol. The van der Waals surface area contributed by atoms with E-state index in [1.807, 2.05) is 0 Å². The van der Waals surface area contributed by atoms with Crippen molar-refractivity contribution in [2.75, 3.05) is 24.5 Å². The SMILES string of the molecule is Cc1cccc(C)c1N(c1cc2c3c(c1)Oc1cc4c(cc1B3c1cc3c(cc1O2)N(c1ccccc1)c1cc(N(c2c(C)cccc2C)c2c(C)cccc2C)cc2c1B3c1ccccc1O2)B1c2ccccc2Oc2cc(N(c3c(C)cccc3C)c3c(C)cccc3C)cc(c21)N4c1ccccc1)c1c(C)cccc1C. The normalized spacial score (nSPS) is 13.1. The Bertz CT molecular complexity index is 6000. The van der Waals surface area contributed by atoms with Gasteiger partial charge >= 0.3 is 0 Å². The van der Waals surface area contributed by atoms with E-state index in [-0.39, 0.29) is 13.4 Å². The van der Waals surface area contributed by atoms with Crippen LogP contribution in [0.1, 0.15) is 66.8 Å². The zero-order valence-electron chi connectivity index (χ0n) is 66.2. The van der Waals surface area contributed by atoms with Crippen LogP contribution < -0.4 is 92.6 Å². The van der Waals surface area contributed by atoms with Gasteiger partial charge in [-0.3, -0.25) is 0 Å². The molecule has 0 aromatic heterocycles. The summed E-state index contributed by atoms with van der Waals surface area (Å²) in [6, 6.07) is 103. The number of benzene rings is 15. The number of rotatable bonds is 11. The molecule has 0 spiro atoms. The molecule has 0 unspecified atom stereocenters. The fourth-order valence-electron chi connectivity index (χ4n) is 20.0. The van der Waals surface area contributed by atoms with Crippen LogP contribution in [0.2, 0.25) is 0 Å². The highest BCUT2D eigenvalue weighted by atomic mass is 16.5. The third kappa shape index (κ3) is 10.4. The van der Waals surface area contributed by atoms with Gasteiger partial charge in [0.25, 0.3) is 20.1 Å². The Morgan fingerprint density at radius 2 is 0.456 bits per heavy atom. The Balaban J connectivity index is 0.841. The van der Waals surface area contributed by atoms with Gasteiger partial charge in [-0.15, -0.1) is 0 Å². The van der Waals surface area contributed by atoms with Crippen LogP contribution in [0.3, 0.4) is 0 Å². The van der Waals surface area contributed by atoms with E-state index >= 15 is 0 Å². The van der Waals surface area contributed by atoms with E-state index < -0.39 is 6.71 Å². The van der Waals surface area contributed by atoms with Gasteiger partial charge in [0.1, 0.15) is 46.0 Å². The van der Waals surface area contributed by atoms with Crippen LogP contribution in [0, 0.1) is 83.1 Å². The van der Waals surface area contributed by atoms with Gasteiger partial charge in [0.15, 0.2) is 0 Å². The quantitative estimate of drug-likeness (QED) is 0.118. The first-order chi connectivity index (χ1) is 55.5. The summed E-state index contributed by atoms with van der Waals surface area (Å²) >= 11 is 0. The molecule has 6 aliphatic rings. The van der Waals surface area contributed by atoms with E-state index in [2.05, 4.69) is 387 Å². The summed E-state index contributed by atoms with van der Waals surface area (Å²) in [5.74, 6) is 6.26. The number of fused-ring (bicyclic) bond motifs is 12. The van der Waals surface area contributed by atoms with Gasteiger partial charge in [-0.1, -0.05) is 194 Å². The van der Waals surface area contributed by atoms with E-state index in [9.17, 15) is 0 Å². The Morgan fingerprint density at radius 3 is 0.763 bits per heavy atom. The van der Waals surface area contributed by atoms with Gasteiger partial charge in [0.2, 0.25) is 0 Å². The molecule has 15 aromatic rings. The largest absolute Gasteiger partial charge is 0.458 e. The van der Waals surface area contributed by atoms with Gasteiger partial charge in [-0.05, 0) is 242 Å². The highest BCUT2D eigenvalue weighted by Gasteiger charge is 2.50. The highest BCUT2D eigenvalue weighted by Crippen LogP contribution is 2.54. The van der Waals surface area contributed by atoms with Gasteiger partial charge in [0.05, 0.1) is 51.2 Å². The number of anilines is 15. The van der Waals surface area contributed by atoms with E-state index in [0.717, 1.165) is 203 Å². The molecule has 0 amide bonds. The van der Waals surface area contributed by atoms with E-state index in [1.165, 1.54) is 44.5 Å². The predicted molar refractivity (Wildman–Crippen MR) is 477 cm³/mol. The van der Waals surface area contributed by atoms with Crippen molar-refractivity contribution in [3.8, 4) is 46.0 Å². The van der Waals surface area contributed by atoms with Gasteiger partial charge in [-0.25, -0.2) is 0 Å². The summed E-state index contributed by atoms with van der Waals surface area (Å²) in [4.78, 5) is 12.4. The van der Waals surface area contributed by atoms with E-state index in [4.69, 9.17) is 18.9 Å². The molecule has 12 heteroatoms. The van der Waals surface area contributed by atoms with Crippen molar-refractivity contribution >= 4 is 155 Å². The molecule has 0 atom stereocenters. The van der Waals surface area contributed by atoms with Crippen molar-refractivity contribution in [2.24, 2.45) is 0 Å². The van der Waals surface area contributed by atoms with Crippen molar-refractivity contribution in [1.82, 2.24) is 0 Å². The first-order valence-electron chi connectivity index (χ1n) is 39.8. The third-order valence-corrected chi connectivity index (χ3v) is 24.8. The van der Waals surface area contributed by atoms with Crippen molar-refractivity contribution in [1.29, 1.82) is 0 Å². The van der Waals surface area contributed by atoms with Crippen LogP contribution >= 0.6 is 0 Å². The predicted octanol–water partition coefficient (Wildman–Crippen LogP) is 21.3. The number of hydrogen-bond donors (Lipinski definition) is 0. The molecular formula is C102H82B3N5O4. The Labute approximate surface area is 668 Å². The summed E-state index contributed by atoms with van der Waals surface area (Å²) in [5.41, 5.74) is 39.5. The monoisotopic (exact) mass is 1470 g/mol. The lowest BCUT2D eigenvalue weighted by atomic mass is 9.30. The van der Waals surface area contributed by atoms with E-state index in [0.29, 0.717) is 0 Å². The minimum Gasteiger partial charge on any atom is -0.458 e. The Morgan fingerprint density at radius 1 is 0.202 bits per heavy atom. The smallest absolute Gasteiger partial charge is 0.260 e. The molecule has 0 fully saturated rings. The summed E-state index contributed by atoms with van der Waals surface area (Å²) in [5, 5.41) is 0. The summed E-state index contributed by atoms with van der Waals surface area (Å²) in [7, 11) is 0. The minimum absolute atomic E-state index is 0.268. The molecule has 6 heterocycles. The van der Waals surface area contributed by atoms with Crippen molar-refractivity contribution in [3.63, 3.8) is 0 Å². The lowest BCUT2D eigenvalue weighted by Crippen LogP contribution is -2.64. The van der Waals surface area contributed by atoms with Gasteiger partial charge < -0.3 is 43.4 Å². The van der Waals surface area contributed by atoms with E-state index in [1.54, 1.807) is 0 Å². The number of nitrogens with zero attached hydrogens (tertiary/aromatic N) is 5. The van der Waals surface area contributed by atoms with Crippen LogP contribution in [0.5, 0.6) is 46.0 Å². The molecule has 15 aromatic carbocycles. The molecular weight excluding hydrogens is 1390 g/mol. The van der Waals surface area contributed by atoms with Crippen LogP contribution in [0.15, 0.2) is 279 Å². The van der Waals surface area contributed by atoms with Crippen molar-refractivity contribution in [3.05, 3.63) is 346 Å². The first-order valence-corrected chi connectivity index (χ1v) is 39.8. The average Bonchev–Trinajstić information content (AvgIpc) is 0.688. The maximum Gasteiger partial charge on any atom is 0.260 e. The fraction of sp³-hybridized carbons (Fsp3) is 0.118. The van der Waals surface area contributed by atoms with Gasteiger partial charge in [-0.2, -0.15) is 0 Å². The van der Waals surface area contributed by atoms with Crippen molar-refractivity contribution in [2.45, 2.75) is 83.1 Å². The maximum absolute atomic E-state index is 7.94. The first kappa shape index (κ1) is 68.7. The second-order valence-corrected chi connectivity index (χ2v) is 32.1. The molecule has 9 nitrogen and oxygen atoms in total. The topological polar surface area (TPSA) is 53.1 Å². The fourth-order valence-corrected chi connectivity index (χ4v) is 20.0. The molecule has 0 radical (unpaired) electrons. The zero-order valence-corrected chi connectivity index (χ0v) is 66.2. The van der Waals surface area contributed by atoms with Gasteiger partial charge in [0, 0.05) is 76.0 Å². The lowest BCUT2D eigenvalue weighted by molar-refractivity contribution is 0.465.